The second kappa shape index (κ2) is 77.6. The molecule has 566 valence electrons. The van der Waals surface area contributed by atoms with Gasteiger partial charge in [-0.3, -0.25) is 18.6 Å². The van der Waals surface area contributed by atoms with Crippen LogP contribution in [0.5, 0.6) is 0 Å². The van der Waals surface area contributed by atoms with Gasteiger partial charge in [0.15, 0.2) is 6.10 Å². The molecule has 0 fully saturated rings. The van der Waals surface area contributed by atoms with Gasteiger partial charge in [-0.2, -0.15) is 0 Å². The lowest BCUT2D eigenvalue weighted by Gasteiger charge is -2.24. The quantitative estimate of drug-likeness (QED) is 0.0211. The number of hydrogen-bond donors (Lipinski definition) is 1. The van der Waals surface area contributed by atoms with E-state index in [0.29, 0.717) is 17.4 Å². The van der Waals surface area contributed by atoms with Crippen molar-refractivity contribution < 1.29 is 42.1 Å². The summed E-state index contributed by atoms with van der Waals surface area (Å²) in [7, 11) is 1.48. The first kappa shape index (κ1) is 94.4. The number of carbonyl (C=O) groups is 2. The van der Waals surface area contributed by atoms with E-state index in [4.69, 9.17) is 18.5 Å². The Morgan fingerprint density at radius 3 is 0.878 bits per heavy atom. The molecule has 2 unspecified atom stereocenters. The minimum atomic E-state index is -4.40. The number of ether oxygens (including phenoxy) is 2. The van der Waals surface area contributed by atoms with Crippen LogP contribution < -0.4 is 0 Å². The fourth-order valence-electron chi connectivity index (χ4n) is 11.7. The van der Waals surface area contributed by atoms with Crippen LogP contribution in [0.3, 0.4) is 0 Å². The Hall–Kier alpha value is -3.59. The average molecular weight is 1390 g/mol. The highest BCUT2D eigenvalue weighted by atomic mass is 31.2. The molecule has 2 atom stereocenters. The van der Waals surface area contributed by atoms with Gasteiger partial charge >= 0.3 is 19.8 Å². The number of rotatable bonds is 76. The Labute approximate surface area is 607 Å². The van der Waals surface area contributed by atoms with Gasteiger partial charge in [0.05, 0.1) is 27.7 Å². The van der Waals surface area contributed by atoms with E-state index in [1.165, 1.54) is 244 Å². The van der Waals surface area contributed by atoms with Crippen LogP contribution in [-0.4, -0.2) is 74.9 Å². The van der Waals surface area contributed by atoms with E-state index in [-0.39, 0.29) is 32.0 Å². The monoisotopic (exact) mass is 1390 g/mol. The van der Waals surface area contributed by atoms with Crippen LogP contribution in [0.25, 0.3) is 0 Å². The van der Waals surface area contributed by atoms with Crippen molar-refractivity contribution in [3.05, 3.63) is 122 Å². The maximum absolute atomic E-state index is 12.9. The second-order valence-electron chi connectivity index (χ2n) is 28.8. The SMILES string of the molecule is CC/C=C\C/C=C\C/C=C\C/C=C\C/C=C\C/C=C\C/C=C\C/C=C\C/C=C\CCCCCCCCCCCCCCCC(=O)OC(COC(=O)CCCCCCCCCCCCCCCCCCCCCCC/C=C\CCCCCCCCCC)COP(=O)(O)OCC[N+](C)(C)C. The molecule has 0 amide bonds. The zero-order valence-corrected chi connectivity index (χ0v) is 65.6. The summed E-state index contributed by atoms with van der Waals surface area (Å²) in [6.07, 6.45) is 112. The van der Waals surface area contributed by atoms with Crippen LogP contribution in [0.1, 0.15) is 373 Å². The molecule has 0 saturated heterocycles. The van der Waals surface area contributed by atoms with Crippen molar-refractivity contribution in [1.29, 1.82) is 0 Å². The van der Waals surface area contributed by atoms with Crippen molar-refractivity contribution in [3.63, 3.8) is 0 Å². The van der Waals surface area contributed by atoms with E-state index in [1.807, 2.05) is 21.1 Å². The first-order valence-corrected chi connectivity index (χ1v) is 42.8. The Morgan fingerprint density at radius 1 is 0.327 bits per heavy atom. The summed E-state index contributed by atoms with van der Waals surface area (Å²) in [5.74, 6) is -0.787. The summed E-state index contributed by atoms with van der Waals surface area (Å²) in [6, 6.07) is 0. The van der Waals surface area contributed by atoms with Crippen molar-refractivity contribution >= 4 is 19.8 Å². The number of likely N-dealkylation sites (N-methyl/N-ethyl adjacent to an activating group) is 1. The molecule has 0 aromatic carbocycles. The molecule has 98 heavy (non-hydrogen) atoms. The summed E-state index contributed by atoms with van der Waals surface area (Å²) in [6.45, 7) is 4.36. The number of phosphoric acid groups is 1. The number of unbranched alkanes of at least 4 members (excludes halogenated alkanes) is 42. The van der Waals surface area contributed by atoms with Crippen molar-refractivity contribution in [1.82, 2.24) is 0 Å². The van der Waals surface area contributed by atoms with Gasteiger partial charge < -0.3 is 18.9 Å². The Bertz CT molecular complexity index is 2070. The van der Waals surface area contributed by atoms with E-state index < -0.39 is 26.5 Å². The molecule has 0 aromatic heterocycles. The number of quaternary nitrogens is 1. The lowest BCUT2D eigenvalue weighted by atomic mass is 10.0. The number of phosphoric ester groups is 1. The molecule has 0 spiro atoms. The van der Waals surface area contributed by atoms with Crippen molar-refractivity contribution in [2.24, 2.45) is 0 Å². The van der Waals surface area contributed by atoms with Gasteiger partial charge in [0.2, 0.25) is 0 Å². The summed E-state index contributed by atoms with van der Waals surface area (Å²) in [5.41, 5.74) is 0. The average Bonchev–Trinajstić information content (AvgIpc) is 1.08. The number of nitrogens with zero attached hydrogens (tertiary/aromatic N) is 1. The summed E-state index contributed by atoms with van der Waals surface area (Å²) < 4.78 is 34.8. The number of allylic oxidation sites excluding steroid dienone is 20. The zero-order chi connectivity index (χ0) is 71.1. The summed E-state index contributed by atoms with van der Waals surface area (Å²) in [5, 5.41) is 0. The molecule has 0 aliphatic carbocycles. The Kier molecular flexibility index (Phi) is 74.7. The van der Waals surface area contributed by atoms with Crippen LogP contribution in [0.2, 0.25) is 0 Å². The van der Waals surface area contributed by atoms with E-state index in [0.717, 1.165) is 96.3 Å². The lowest BCUT2D eigenvalue weighted by Crippen LogP contribution is -2.37. The van der Waals surface area contributed by atoms with E-state index in [1.54, 1.807) is 0 Å². The highest BCUT2D eigenvalue weighted by Crippen LogP contribution is 2.43. The summed E-state index contributed by atoms with van der Waals surface area (Å²) >= 11 is 0. The van der Waals surface area contributed by atoms with E-state index in [9.17, 15) is 19.0 Å². The van der Waals surface area contributed by atoms with Crippen LogP contribution in [0.15, 0.2) is 122 Å². The minimum absolute atomic E-state index is 0.0293. The highest BCUT2D eigenvalue weighted by Gasteiger charge is 2.27. The number of esters is 2. The third kappa shape index (κ3) is 81.4. The third-order valence-corrected chi connectivity index (χ3v) is 19.0. The molecular weight excluding hydrogens is 1230 g/mol. The van der Waals surface area contributed by atoms with Crippen LogP contribution in [-0.2, 0) is 32.7 Å². The fourth-order valence-corrected chi connectivity index (χ4v) is 12.5. The van der Waals surface area contributed by atoms with Crippen molar-refractivity contribution in [3.8, 4) is 0 Å². The molecule has 1 N–H and O–H groups in total. The topological polar surface area (TPSA) is 108 Å². The smallest absolute Gasteiger partial charge is 0.462 e. The van der Waals surface area contributed by atoms with Crippen LogP contribution in [0, 0.1) is 0 Å². The largest absolute Gasteiger partial charge is 0.472 e. The molecule has 0 saturated carbocycles. The normalized spacial score (nSPS) is 13.7. The molecule has 0 aliphatic rings. The number of carbonyl (C=O) groups excluding carboxylic acids is 2. The van der Waals surface area contributed by atoms with Gasteiger partial charge in [0.25, 0.3) is 0 Å². The predicted octanol–water partition coefficient (Wildman–Crippen LogP) is 27.7. The zero-order valence-electron chi connectivity index (χ0n) is 64.8. The molecule has 0 heterocycles. The maximum Gasteiger partial charge on any atom is 0.472 e. The van der Waals surface area contributed by atoms with Crippen molar-refractivity contribution in [2.75, 3.05) is 47.5 Å². The maximum atomic E-state index is 12.9. The van der Waals surface area contributed by atoms with Gasteiger partial charge in [-0.05, 0) is 109 Å². The second-order valence-corrected chi connectivity index (χ2v) is 30.2. The van der Waals surface area contributed by atoms with Gasteiger partial charge in [-0.1, -0.05) is 373 Å². The number of hydrogen-bond acceptors (Lipinski definition) is 7. The molecule has 0 radical (unpaired) electrons. The van der Waals surface area contributed by atoms with Gasteiger partial charge in [-0.15, -0.1) is 0 Å². The highest BCUT2D eigenvalue weighted by molar-refractivity contribution is 7.47. The van der Waals surface area contributed by atoms with E-state index >= 15 is 0 Å². The summed E-state index contributed by atoms with van der Waals surface area (Å²) in [4.78, 5) is 36.0. The Balaban J connectivity index is 3.97. The van der Waals surface area contributed by atoms with Crippen molar-refractivity contribution in [2.45, 2.75) is 380 Å². The third-order valence-electron chi connectivity index (χ3n) is 18.0. The van der Waals surface area contributed by atoms with Crippen LogP contribution in [0.4, 0.5) is 0 Å². The molecular formula is C88H157NO8P+. The molecule has 0 rings (SSSR count). The standard InChI is InChI=1S/C88H156NO8P/c1-6-8-10-12-14-16-18-20-22-24-26-28-30-32-34-36-38-40-41-42-43-44-45-46-47-49-51-53-55-57-59-61-63-65-67-69-71-73-75-77-79-81-88(91)97-86(85-96-98(92,93)95-83-82-89(3,4)5)84-94-87(90)80-78-76-74-72-70-68-66-64-62-60-58-56-54-52-50-48-39-37-35-33-31-29-27-25-23-21-19-17-15-13-11-9-7-2/h8,10,14,16,20,22,25-28,32,34,38,40,42-43,45-46,49,51,86H,6-7,9,11-13,15,17-19,21,23-24,29-31,33,35-37,39,41,44,47-48,50,52-85H2,1-5H3/p+1/b10-8-,16-14-,22-20-,27-25-,28-26-,34-32-,40-38-,43-42-,46-45-,51-49-. The van der Waals surface area contributed by atoms with Gasteiger partial charge in [0.1, 0.15) is 19.8 Å². The predicted molar refractivity (Wildman–Crippen MR) is 427 cm³/mol. The molecule has 9 nitrogen and oxygen atoms in total. The fraction of sp³-hybridized carbons (Fsp3) is 0.750. The molecule has 0 bridgehead atoms. The first-order valence-electron chi connectivity index (χ1n) is 41.3. The Morgan fingerprint density at radius 2 is 0.582 bits per heavy atom. The first-order chi connectivity index (χ1) is 48.0. The lowest BCUT2D eigenvalue weighted by molar-refractivity contribution is -0.870. The molecule has 10 heteroatoms. The van der Waals surface area contributed by atoms with Crippen LogP contribution >= 0.6 is 7.82 Å². The minimum Gasteiger partial charge on any atom is -0.462 e. The molecule has 0 aliphatic heterocycles. The van der Waals surface area contributed by atoms with E-state index in [2.05, 4.69) is 135 Å². The van der Waals surface area contributed by atoms with Gasteiger partial charge in [0, 0.05) is 12.8 Å². The molecule has 0 aromatic rings. The van der Waals surface area contributed by atoms with Gasteiger partial charge in [-0.25, -0.2) is 4.57 Å².